The summed E-state index contributed by atoms with van der Waals surface area (Å²) in [6.45, 7) is 4.51. The van der Waals surface area contributed by atoms with E-state index in [1.54, 1.807) is 12.0 Å². The van der Waals surface area contributed by atoms with Crippen LogP contribution < -0.4 is 14.8 Å². The van der Waals surface area contributed by atoms with Crippen molar-refractivity contribution < 1.29 is 23.4 Å². The number of piperidine rings is 1. The number of aliphatic hydroxyl groups is 1. The predicted octanol–water partition coefficient (Wildman–Crippen LogP) is 2.10. The Morgan fingerprint density at radius 3 is 2.70 bits per heavy atom. The number of halogens is 2. The Bertz CT molecular complexity index is 730. The van der Waals surface area contributed by atoms with E-state index in [4.69, 9.17) is 9.47 Å². The molecule has 2 heterocycles. The lowest BCUT2D eigenvalue weighted by Crippen LogP contribution is -2.51. The van der Waals surface area contributed by atoms with E-state index in [1.807, 2.05) is 18.2 Å². The molecule has 1 unspecified atom stereocenters. The smallest absolute Gasteiger partial charge is 0.260 e. The van der Waals surface area contributed by atoms with Crippen LogP contribution in [0.15, 0.2) is 18.2 Å². The van der Waals surface area contributed by atoms with Gasteiger partial charge in [-0.05, 0) is 43.5 Å². The number of benzene rings is 1. The molecule has 1 atom stereocenters. The summed E-state index contributed by atoms with van der Waals surface area (Å²) in [5.74, 6) is -1.48. The molecule has 2 saturated heterocycles. The first-order chi connectivity index (χ1) is 14.4. The SMILES string of the molecule is COc1cc(CN2CCNC3(CC3)C2)ccc1OCC(O)CN1CCCC(F)(F)C1. The van der Waals surface area contributed by atoms with Gasteiger partial charge in [0.25, 0.3) is 5.92 Å². The molecule has 1 aromatic rings. The Morgan fingerprint density at radius 2 is 1.97 bits per heavy atom. The Kier molecular flexibility index (Phi) is 6.48. The molecule has 1 spiro atoms. The number of likely N-dealkylation sites (tertiary alicyclic amines) is 1. The highest BCUT2D eigenvalue weighted by Crippen LogP contribution is 2.38. The Balaban J connectivity index is 1.28. The highest BCUT2D eigenvalue weighted by molar-refractivity contribution is 5.43. The first-order valence-corrected chi connectivity index (χ1v) is 10.9. The van der Waals surface area contributed by atoms with Gasteiger partial charge in [-0.15, -0.1) is 0 Å². The number of β-amino-alcohol motifs (C(OH)–C–C–N with tert-alkyl or cyclic N) is 1. The molecule has 1 saturated carbocycles. The number of alkyl halides is 2. The largest absolute Gasteiger partial charge is 0.493 e. The molecule has 6 nitrogen and oxygen atoms in total. The van der Waals surface area contributed by atoms with Gasteiger partial charge in [0.1, 0.15) is 12.7 Å². The molecule has 168 valence electrons. The van der Waals surface area contributed by atoms with Crippen molar-refractivity contribution in [2.24, 2.45) is 0 Å². The van der Waals surface area contributed by atoms with Gasteiger partial charge in [0, 0.05) is 44.7 Å². The molecule has 1 aliphatic carbocycles. The van der Waals surface area contributed by atoms with Gasteiger partial charge in [-0.2, -0.15) is 0 Å². The maximum Gasteiger partial charge on any atom is 0.260 e. The van der Waals surface area contributed by atoms with E-state index in [2.05, 4.69) is 10.2 Å². The van der Waals surface area contributed by atoms with E-state index in [1.165, 1.54) is 12.8 Å². The molecule has 0 radical (unpaired) electrons. The van der Waals surface area contributed by atoms with Gasteiger partial charge in [0.05, 0.1) is 13.7 Å². The molecule has 4 rings (SSSR count). The summed E-state index contributed by atoms with van der Waals surface area (Å²) >= 11 is 0. The van der Waals surface area contributed by atoms with E-state index in [0.717, 1.165) is 31.7 Å². The first-order valence-electron chi connectivity index (χ1n) is 10.9. The van der Waals surface area contributed by atoms with Crippen LogP contribution in [-0.2, 0) is 6.54 Å². The second-order valence-electron chi connectivity index (χ2n) is 9.06. The third kappa shape index (κ3) is 5.60. The van der Waals surface area contributed by atoms with E-state index >= 15 is 0 Å². The van der Waals surface area contributed by atoms with Crippen LogP contribution >= 0.6 is 0 Å². The van der Waals surface area contributed by atoms with Crippen LogP contribution in [0.3, 0.4) is 0 Å². The van der Waals surface area contributed by atoms with Gasteiger partial charge in [0.2, 0.25) is 0 Å². The monoisotopic (exact) mass is 425 g/mol. The van der Waals surface area contributed by atoms with Gasteiger partial charge in [-0.1, -0.05) is 6.07 Å². The van der Waals surface area contributed by atoms with Crippen molar-refractivity contribution in [1.82, 2.24) is 15.1 Å². The van der Waals surface area contributed by atoms with Crippen LogP contribution in [0.4, 0.5) is 8.78 Å². The second-order valence-corrected chi connectivity index (χ2v) is 9.06. The Labute approximate surface area is 177 Å². The molecule has 0 bridgehead atoms. The number of methoxy groups -OCH3 is 1. The number of ether oxygens (including phenoxy) is 2. The molecule has 0 amide bonds. The molecule has 2 aliphatic heterocycles. The minimum atomic E-state index is -2.67. The minimum Gasteiger partial charge on any atom is -0.493 e. The summed E-state index contributed by atoms with van der Waals surface area (Å²) in [4.78, 5) is 4.08. The van der Waals surface area contributed by atoms with Crippen molar-refractivity contribution in [3.8, 4) is 11.5 Å². The summed E-state index contributed by atoms with van der Waals surface area (Å²) in [6, 6.07) is 5.87. The highest BCUT2D eigenvalue weighted by Gasteiger charge is 2.45. The second kappa shape index (κ2) is 8.94. The number of nitrogens with zero attached hydrogens (tertiary/aromatic N) is 2. The molecular formula is C22H33F2N3O3. The van der Waals surface area contributed by atoms with Gasteiger partial charge in [0.15, 0.2) is 11.5 Å². The van der Waals surface area contributed by atoms with Gasteiger partial charge in [-0.3, -0.25) is 9.80 Å². The number of piperazine rings is 1. The molecular weight excluding hydrogens is 392 g/mol. The maximum atomic E-state index is 13.5. The quantitative estimate of drug-likeness (QED) is 0.666. The molecule has 1 aromatic carbocycles. The summed E-state index contributed by atoms with van der Waals surface area (Å²) < 4.78 is 38.3. The van der Waals surface area contributed by atoms with Gasteiger partial charge >= 0.3 is 0 Å². The van der Waals surface area contributed by atoms with Crippen LogP contribution in [-0.4, -0.2) is 85.5 Å². The van der Waals surface area contributed by atoms with Crippen LogP contribution in [0.25, 0.3) is 0 Å². The zero-order valence-electron chi connectivity index (χ0n) is 17.7. The standard InChI is InChI=1S/C22H33F2N3O3/c1-29-20-11-17(12-27-10-8-25-21(15-27)6-7-21)3-4-19(20)30-14-18(28)13-26-9-2-5-22(23,24)16-26/h3-4,11,18,25,28H,2,5-10,12-16H2,1H3. The van der Waals surface area contributed by atoms with Crippen LogP contribution in [0.5, 0.6) is 11.5 Å². The van der Waals surface area contributed by atoms with Crippen molar-refractivity contribution in [2.45, 2.75) is 49.8 Å². The molecule has 3 aliphatic rings. The van der Waals surface area contributed by atoms with Crippen molar-refractivity contribution in [3.05, 3.63) is 23.8 Å². The number of aliphatic hydroxyl groups excluding tert-OH is 1. The molecule has 8 heteroatoms. The van der Waals surface area contributed by atoms with E-state index in [-0.39, 0.29) is 26.1 Å². The van der Waals surface area contributed by atoms with Gasteiger partial charge in [-0.25, -0.2) is 8.78 Å². The maximum absolute atomic E-state index is 13.5. The number of nitrogens with one attached hydrogen (secondary N) is 1. The van der Waals surface area contributed by atoms with E-state index in [0.29, 0.717) is 30.0 Å². The number of rotatable bonds is 8. The average molecular weight is 426 g/mol. The predicted molar refractivity (Wildman–Crippen MR) is 110 cm³/mol. The fourth-order valence-electron chi connectivity index (χ4n) is 4.59. The Morgan fingerprint density at radius 1 is 1.13 bits per heavy atom. The minimum absolute atomic E-state index is 0.0398. The fourth-order valence-corrected chi connectivity index (χ4v) is 4.59. The van der Waals surface area contributed by atoms with Crippen LogP contribution in [0.1, 0.15) is 31.2 Å². The molecule has 3 fully saturated rings. The van der Waals surface area contributed by atoms with E-state index < -0.39 is 12.0 Å². The summed E-state index contributed by atoms with van der Waals surface area (Å²) in [5.41, 5.74) is 1.51. The summed E-state index contributed by atoms with van der Waals surface area (Å²) in [5, 5.41) is 13.9. The zero-order valence-corrected chi connectivity index (χ0v) is 17.7. The lowest BCUT2D eigenvalue weighted by atomic mass is 10.1. The van der Waals surface area contributed by atoms with Gasteiger partial charge < -0.3 is 19.9 Å². The fraction of sp³-hybridized carbons (Fsp3) is 0.727. The summed E-state index contributed by atoms with van der Waals surface area (Å²) in [7, 11) is 1.60. The number of hydrogen-bond donors (Lipinski definition) is 2. The lowest BCUT2D eigenvalue weighted by Gasteiger charge is -2.34. The first kappa shape index (κ1) is 21.7. The molecule has 2 N–H and O–H groups in total. The Hall–Kier alpha value is -1.48. The average Bonchev–Trinajstić information content (AvgIpc) is 3.44. The highest BCUT2D eigenvalue weighted by atomic mass is 19.3. The van der Waals surface area contributed by atoms with Crippen molar-refractivity contribution in [1.29, 1.82) is 0 Å². The number of hydrogen-bond acceptors (Lipinski definition) is 6. The van der Waals surface area contributed by atoms with E-state index in [9.17, 15) is 13.9 Å². The van der Waals surface area contributed by atoms with Crippen LogP contribution in [0, 0.1) is 0 Å². The van der Waals surface area contributed by atoms with Crippen molar-refractivity contribution in [3.63, 3.8) is 0 Å². The third-order valence-corrected chi connectivity index (χ3v) is 6.31. The molecule has 30 heavy (non-hydrogen) atoms. The topological polar surface area (TPSA) is 57.2 Å². The lowest BCUT2D eigenvalue weighted by molar-refractivity contribution is -0.0737. The van der Waals surface area contributed by atoms with Crippen molar-refractivity contribution >= 4 is 0 Å². The van der Waals surface area contributed by atoms with Crippen LogP contribution in [0.2, 0.25) is 0 Å². The zero-order chi connectivity index (χ0) is 21.2. The third-order valence-electron chi connectivity index (χ3n) is 6.31. The normalized spacial score (nSPS) is 24.5. The molecule has 0 aromatic heterocycles. The summed E-state index contributed by atoms with van der Waals surface area (Å²) in [6.07, 6.45) is 2.06. The van der Waals surface area contributed by atoms with Crippen molar-refractivity contribution in [2.75, 3.05) is 53.0 Å².